The molecule has 0 saturated heterocycles. The van der Waals surface area contributed by atoms with Crippen LogP contribution in [0.2, 0.25) is 0 Å². The molecule has 0 aromatic carbocycles. The van der Waals surface area contributed by atoms with Crippen LogP contribution in [0.4, 0.5) is 5.82 Å². The fourth-order valence-corrected chi connectivity index (χ4v) is 2.70. The van der Waals surface area contributed by atoms with Crippen LogP contribution >= 0.6 is 0 Å². The number of aromatic nitrogens is 1. The second-order valence-electron chi connectivity index (χ2n) is 4.75. The van der Waals surface area contributed by atoms with Crippen LogP contribution in [-0.2, 0) is 14.8 Å². The van der Waals surface area contributed by atoms with E-state index in [0.717, 1.165) is 0 Å². The van der Waals surface area contributed by atoms with Gasteiger partial charge in [0, 0.05) is 25.9 Å². The molecule has 0 fully saturated rings. The van der Waals surface area contributed by atoms with Crippen molar-refractivity contribution in [3.05, 3.63) is 18.3 Å². The van der Waals surface area contributed by atoms with E-state index in [1.54, 1.807) is 12.3 Å². The minimum atomic E-state index is -3.57. The molecule has 7 heteroatoms. The van der Waals surface area contributed by atoms with Gasteiger partial charge in [0.25, 0.3) is 0 Å². The first-order valence-electron chi connectivity index (χ1n) is 6.73. The van der Waals surface area contributed by atoms with Crippen molar-refractivity contribution in [2.24, 2.45) is 5.92 Å². The molecule has 0 unspecified atom stereocenters. The number of nitrogens with zero attached hydrogens (tertiary/aromatic N) is 1. The highest BCUT2D eigenvalue weighted by Crippen LogP contribution is 2.17. The molecule has 1 rings (SSSR count). The number of anilines is 1. The number of hydrogen-bond acceptors (Lipinski definition) is 5. The molecule has 114 valence electrons. The summed E-state index contributed by atoms with van der Waals surface area (Å²) in [6, 6.07) is 3.13. The van der Waals surface area contributed by atoms with Crippen molar-refractivity contribution < 1.29 is 13.2 Å². The van der Waals surface area contributed by atoms with Crippen LogP contribution in [0.15, 0.2) is 23.2 Å². The van der Waals surface area contributed by atoms with E-state index in [2.05, 4.69) is 15.0 Å². The fourth-order valence-electron chi connectivity index (χ4n) is 1.55. The summed E-state index contributed by atoms with van der Waals surface area (Å²) in [6.45, 7) is 7.81. The summed E-state index contributed by atoms with van der Waals surface area (Å²) >= 11 is 0. The average Bonchev–Trinajstić information content (AvgIpc) is 2.38. The van der Waals surface area contributed by atoms with Crippen LogP contribution in [0.1, 0.15) is 20.8 Å². The predicted molar refractivity (Wildman–Crippen MR) is 79.2 cm³/mol. The standard InChI is InChI=1S/C13H23N3O3S/c1-4-14-13-12(6-5-7-15-13)20(17,18)16-8-9-19-10-11(2)3/h5-7,11,16H,4,8-10H2,1-3H3,(H,14,15). The Balaban J connectivity index is 2.60. The molecule has 1 heterocycles. The van der Waals surface area contributed by atoms with E-state index in [1.165, 1.54) is 6.07 Å². The summed E-state index contributed by atoms with van der Waals surface area (Å²) in [5.41, 5.74) is 0. The maximum atomic E-state index is 12.2. The Labute approximate surface area is 121 Å². The van der Waals surface area contributed by atoms with Crippen LogP contribution in [0.25, 0.3) is 0 Å². The smallest absolute Gasteiger partial charge is 0.244 e. The first kappa shape index (κ1) is 16.9. The highest BCUT2D eigenvalue weighted by Gasteiger charge is 2.18. The van der Waals surface area contributed by atoms with Gasteiger partial charge >= 0.3 is 0 Å². The number of hydrogen-bond donors (Lipinski definition) is 2. The Bertz CT molecular complexity index is 503. The maximum Gasteiger partial charge on any atom is 0.244 e. The molecule has 20 heavy (non-hydrogen) atoms. The van der Waals surface area contributed by atoms with Gasteiger partial charge in [-0.3, -0.25) is 0 Å². The van der Waals surface area contributed by atoms with Gasteiger partial charge in [0.1, 0.15) is 10.7 Å². The average molecular weight is 301 g/mol. The van der Waals surface area contributed by atoms with E-state index >= 15 is 0 Å². The molecule has 0 aliphatic carbocycles. The monoisotopic (exact) mass is 301 g/mol. The van der Waals surface area contributed by atoms with Crippen LogP contribution in [-0.4, -0.2) is 39.7 Å². The zero-order valence-electron chi connectivity index (χ0n) is 12.2. The lowest BCUT2D eigenvalue weighted by Crippen LogP contribution is -2.28. The first-order valence-corrected chi connectivity index (χ1v) is 8.22. The van der Waals surface area contributed by atoms with Crippen molar-refractivity contribution in [1.82, 2.24) is 9.71 Å². The van der Waals surface area contributed by atoms with Crippen molar-refractivity contribution in [3.63, 3.8) is 0 Å². The largest absolute Gasteiger partial charge is 0.380 e. The summed E-state index contributed by atoms with van der Waals surface area (Å²) in [6.07, 6.45) is 1.56. The second-order valence-corrected chi connectivity index (χ2v) is 6.48. The quantitative estimate of drug-likeness (QED) is 0.675. The highest BCUT2D eigenvalue weighted by atomic mass is 32.2. The van der Waals surface area contributed by atoms with Crippen molar-refractivity contribution in [2.45, 2.75) is 25.7 Å². The Hall–Kier alpha value is -1.18. The molecule has 0 saturated carbocycles. The van der Waals surface area contributed by atoms with Crippen LogP contribution in [0.3, 0.4) is 0 Å². The maximum absolute atomic E-state index is 12.2. The summed E-state index contributed by atoms with van der Waals surface area (Å²) in [4.78, 5) is 4.20. The van der Waals surface area contributed by atoms with Gasteiger partial charge in [0.05, 0.1) is 6.61 Å². The van der Waals surface area contributed by atoms with Gasteiger partial charge in [-0.15, -0.1) is 0 Å². The van der Waals surface area contributed by atoms with E-state index < -0.39 is 10.0 Å². The van der Waals surface area contributed by atoms with E-state index in [-0.39, 0.29) is 11.4 Å². The lowest BCUT2D eigenvalue weighted by molar-refractivity contribution is 0.114. The molecule has 0 spiro atoms. The van der Waals surface area contributed by atoms with Crippen LogP contribution < -0.4 is 10.0 Å². The lowest BCUT2D eigenvalue weighted by atomic mass is 10.2. The number of sulfonamides is 1. The van der Waals surface area contributed by atoms with Crippen molar-refractivity contribution in [3.8, 4) is 0 Å². The molecule has 0 bridgehead atoms. The van der Waals surface area contributed by atoms with Crippen molar-refractivity contribution in [2.75, 3.05) is 31.6 Å². The van der Waals surface area contributed by atoms with E-state index in [0.29, 0.717) is 31.5 Å². The second kappa shape index (κ2) is 8.18. The molecule has 2 N–H and O–H groups in total. The first-order chi connectivity index (χ1) is 9.47. The lowest BCUT2D eigenvalue weighted by Gasteiger charge is -2.11. The van der Waals surface area contributed by atoms with Gasteiger partial charge in [-0.1, -0.05) is 13.8 Å². The van der Waals surface area contributed by atoms with Gasteiger partial charge in [-0.2, -0.15) is 0 Å². The third-order valence-corrected chi connectivity index (χ3v) is 3.89. The number of pyridine rings is 1. The summed E-state index contributed by atoms with van der Waals surface area (Å²) in [5.74, 6) is 0.802. The summed E-state index contributed by atoms with van der Waals surface area (Å²) in [5, 5.41) is 2.94. The zero-order valence-corrected chi connectivity index (χ0v) is 13.0. The van der Waals surface area contributed by atoms with Gasteiger partial charge in [-0.25, -0.2) is 18.1 Å². The minimum absolute atomic E-state index is 0.158. The predicted octanol–water partition coefficient (Wildman–Crippen LogP) is 1.46. The highest BCUT2D eigenvalue weighted by molar-refractivity contribution is 7.89. The summed E-state index contributed by atoms with van der Waals surface area (Å²) in [7, 11) is -3.57. The van der Waals surface area contributed by atoms with Crippen molar-refractivity contribution >= 4 is 15.8 Å². The Morgan fingerprint density at radius 3 is 2.80 bits per heavy atom. The molecule has 1 aromatic rings. The van der Waals surface area contributed by atoms with Gasteiger partial charge in [0.2, 0.25) is 10.0 Å². The van der Waals surface area contributed by atoms with Gasteiger partial charge in [-0.05, 0) is 25.0 Å². The van der Waals surface area contributed by atoms with Crippen LogP contribution in [0, 0.1) is 5.92 Å². The third kappa shape index (κ3) is 5.44. The van der Waals surface area contributed by atoms with E-state index in [1.807, 2.05) is 20.8 Å². The molecule has 6 nitrogen and oxygen atoms in total. The van der Waals surface area contributed by atoms with Gasteiger partial charge < -0.3 is 10.1 Å². The zero-order chi connectivity index (χ0) is 15.0. The molecule has 0 amide bonds. The molecule has 0 radical (unpaired) electrons. The molecule has 0 aliphatic heterocycles. The summed E-state index contributed by atoms with van der Waals surface area (Å²) < 4.78 is 32.2. The minimum Gasteiger partial charge on any atom is -0.380 e. The number of rotatable bonds is 9. The number of ether oxygens (including phenoxy) is 1. The van der Waals surface area contributed by atoms with E-state index in [9.17, 15) is 8.42 Å². The Morgan fingerprint density at radius 1 is 1.40 bits per heavy atom. The fraction of sp³-hybridized carbons (Fsp3) is 0.615. The molecular formula is C13H23N3O3S. The molecule has 0 aliphatic rings. The van der Waals surface area contributed by atoms with E-state index in [4.69, 9.17) is 4.74 Å². The Morgan fingerprint density at radius 2 is 2.15 bits per heavy atom. The third-order valence-electron chi connectivity index (χ3n) is 2.39. The molecule has 0 atom stereocenters. The van der Waals surface area contributed by atoms with Crippen molar-refractivity contribution in [1.29, 1.82) is 0 Å². The molecular weight excluding hydrogens is 278 g/mol. The number of nitrogens with one attached hydrogen (secondary N) is 2. The van der Waals surface area contributed by atoms with Gasteiger partial charge in [0.15, 0.2) is 0 Å². The normalized spacial score (nSPS) is 11.8. The topological polar surface area (TPSA) is 80.3 Å². The SMILES string of the molecule is CCNc1ncccc1S(=O)(=O)NCCOCC(C)C. The Kier molecular flexibility index (Phi) is 6.90. The van der Waals surface area contributed by atoms with Crippen LogP contribution in [0.5, 0.6) is 0 Å². The molecule has 1 aromatic heterocycles.